The van der Waals surface area contributed by atoms with E-state index in [1.54, 1.807) is 6.26 Å². The monoisotopic (exact) mass is 662 g/mol. The molecule has 0 amide bonds. The molecular weight excluding hydrogens is 633 g/mol. The van der Waals surface area contributed by atoms with E-state index < -0.39 is 0 Å². The fraction of sp³-hybridized carbons (Fsp3) is 0. The summed E-state index contributed by atoms with van der Waals surface area (Å²) in [6.45, 7) is 0. The fourth-order valence-electron chi connectivity index (χ4n) is 8.69. The van der Waals surface area contributed by atoms with E-state index in [-0.39, 0.29) is 0 Å². The van der Waals surface area contributed by atoms with E-state index in [2.05, 4.69) is 170 Å². The summed E-state index contributed by atoms with van der Waals surface area (Å²) in [5.74, 6) is 0.869. The van der Waals surface area contributed by atoms with Crippen LogP contribution in [-0.4, -0.2) is 0 Å². The molecule has 2 nitrogen and oxygen atoms in total. The first-order valence-corrected chi connectivity index (χ1v) is 17.8. The summed E-state index contributed by atoms with van der Waals surface area (Å²) in [6.07, 6.45) is 1.75. The van der Waals surface area contributed by atoms with Gasteiger partial charge in [0.2, 0.25) is 0 Å². The Bertz CT molecular complexity index is 3050. The first kappa shape index (κ1) is 28.9. The van der Waals surface area contributed by atoms with Gasteiger partial charge in [0.05, 0.1) is 6.26 Å². The molecule has 9 aromatic carbocycles. The first-order chi connectivity index (χ1) is 25.8. The highest BCUT2D eigenvalue weighted by atomic mass is 16.3. The van der Waals surface area contributed by atoms with E-state index >= 15 is 0 Å². The highest BCUT2D eigenvalue weighted by Gasteiger charge is 2.23. The van der Waals surface area contributed by atoms with E-state index in [1.165, 1.54) is 54.6 Å². The predicted octanol–water partition coefficient (Wildman–Crippen LogP) is 14.5. The van der Waals surface area contributed by atoms with Gasteiger partial charge in [-0.25, -0.2) is 0 Å². The maximum Gasteiger partial charge on any atom is 0.143 e. The van der Waals surface area contributed by atoms with Crippen LogP contribution in [0.25, 0.3) is 110 Å². The zero-order valence-electron chi connectivity index (χ0n) is 28.1. The second-order valence-electron chi connectivity index (χ2n) is 13.5. The molecule has 0 N–H and O–H groups in total. The minimum atomic E-state index is 0.869. The topological polar surface area (TPSA) is 26.3 Å². The number of hydrogen-bond acceptors (Lipinski definition) is 2. The van der Waals surface area contributed by atoms with Crippen LogP contribution in [0.2, 0.25) is 0 Å². The summed E-state index contributed by atoms with van der Waals surface area (Å²) in [7, 11) is 0. The maximum absolute atomic E-state index is 7.00. The smallest absolute Gasteiger partial charge is 0.143 e. The highest BCUT2D eigenvalue weighted by Crippen LogP contribution is 2.50. The second kappa shape index (κ2) is 11.3. The van der Waals surface area contributed by atoms with E-state index in [1.807, 2.05) is 6.07 Å². The van der Waals surface area contributed by atoms with Gasteiger partial charge in [0.1, 0.15) is 16.9 Å². The minimum absolute atomic E-state index is 0.869. The van der Waals surface area contributed by atoms with Gasteiger partial charge < -0.3 is 8.83 Å². The molecule has 2 heterocycles. The minimum Gasteiger partial charge on any atom is -0.464 e. The Morgan fingerprint density at radius 2 is 0.769 bits per heavy atom. The van der Waals surface area contributed by atoms with Crippen LogP contribution < -0.4 is 0 Å². The summed E-state index contributed by atoms with van der Waals surface area (Å²) in [4.78, 5) is 0. The molecule has 0 radical (unpaired) electrons. The zero-order valence-corrected chi connectivity index (χ0v) is 28.1. The third kappa shape index (κ3) is 4.12. The molecule has 2 heteroatoms. The van der Waals surface area contributed by atoms with E-state index in [0.29, 0.717) is 0 Å². The quantitative estimate of drug-likeness (QED) is 0.175. The Balaban J connectivity index is 1.25. The Morgan fingerprint density at radius 1 is 0.308 bits per heavy atom. The van der Waals surface area contributed by atoms with Crippen molar-refractivity contribution >= 4 is 65.0 Å². The predicted molar refractivity (Wildman–Crippen MR) is 218 cm³/mol. The van der Waals surface area contributed by atoms with Crippen molar-refractivity contribution in [3.8, 4) is 44.7 Å². The average Bonchev–Trinajstić information content (AvgIpc) is 3.88. The lowest BCUT2D eigenvalue weighted by molar-refractivity contribution is 0.583. The van der Waals surface area contributed by atoms with Crippen LogP contribution in [-0.2, 0) is 0 Å². The van der Waals surface area contributed by atoms with Crippen molar-refractivity contribution in [2.24, 2.45) is 0 Å². The van der Waals surface area contributed by atoms with Gasteiger partial charge >= 0.3 is 0 Å². The van der Waals surface area contributed by atoms with Gasteiger partial charge in [-0.2, -0.15) is 0 Å². The molecule has 2 aromatic heterocycles. The van der Waals surface area contributed by atoms with Crippen LogP contribution in [0.3, 0.4) is 0 Å². The van der Waals surface area contributed by atoms with E-state index in [9.17, 15) is 0 Å². The third-order valence-electron chi connectivity index (χ3n) is 10.8. The first-order valence-electron chi connectivity index (χ1n) is 17.8. The molecule has 0 aliphatic carbocycles. The molecule has 0 bridgehead atoms. The lowest BCUT2D eigenvalue weighted by atomic mass is 9.85. The summed E-state index contributed by atoms with van der Waals surface area (Å²) < 4.78 is 13.0. The normalized spacial score (nSPS) is 11.8. The largest absolute Gasteiger partial charge is 0.464 e. The van der Waals surface area contributed by atoms with Gasteiger partial charge in [-0.05, 0) is 83.5 Å². The molecule has 11 rings (SSSR count). The van der Waals surface area contributed by atoms with Crippen molar-refractivity contribution < 1.29 is 8.83 Å². The number of para-hydroxylation sites is 1. The Morgan fingerprint density at radius 3 is 1.33 bits per heavy atom. The molecule has 242 valence electrons. The molecular formula is C50H30O2. The van der Waals surface area contributed by atoms with Crippen molar-refractivity contribution in [3.63, 3.8) is 0 Å². The number of rotatable bonds is 4. The van der Waals surface area contributed by atoms with Crippen LogP contribution in [0.4, 0.5) is 0 Å². The van der Waals surface area contributed by atoms with Crippen molar-refractivity contribution in [2.45, 2.75) is 0 Å². The van der Waals surface area contributed by atoms with Crippen molar-refractivity contribution in [3.05, 3.63) is 182 Å². The molecule has 0 unspecified atom stereocenters. The van der Waals surface area contributed by atoms with Crippen LogP contribution in [0, 0.1) is 0 Å². The van der Waals surface area contributed by atoms with Crippen LogP contribution in [0.5, 0.6) is 0 Å². The molecule has 0 fully saturated rings. The van der Waals surface area contributed by atoms with Gasteiger partial charge in [0.25, 0.3) is 0 Å². The molecule has 0 aliphatic heterocycles. The SMILES string of the molecule is c1ccc(-c2c3ccccc3c(-c3cccc4c3oc3cccc(-c5c6ccccc6c(-c6ccco6)c6ccccc56)c34)c3ccccc23)cc1. The molecule has 0 aliphatic rings. The van der Waals surface area contributed by atoms with Crippen LogP contribution in [0.1, 0.15) is 0 Å². The lowest BCUT2D eigenvalue weighted by Crippen LogP contribution is -1.91. The fourth-order valence-corrected chi connectivity index (χ4v) is 8.69. The van der Waals surface area contributed by atoms with Crippen molar-refractivity contribution in [2.75, 3.05) is 0 Å². The Kier molecular flexibility index (Phi) is 6.28. The number of furan rings is 2. The van der Waals surface area contributed by atoms with Gasteiger partial charge in [-0.15, -0.1) is 0 Å². The second-order valence-corrected chi connectivity index (χ2v) is 13.5. The average molecular weight is 663 g/mol. The van der Waals surface area contributed by atoms with Gasteiger partial charge in [-0.3, -0.25) is 0 Å². The number of fused-ring (bicyclic) bond motifs is 7. The Hall–Kier alpha value is -6.90. The summed E-state index contributed by atoms with van der Waals surface area (Å²) in [5, 5.41) is 11.8. The molecule has 0 saturated carbocycles. The molecule has 0 saturated heterocycles. The zero-order chi connectivity index (χ0) is 34.2. The summed E-state index contributed by atoms with van der Waals surface area (Å²) in [6, 6.07) is 62.9. The molecule has 0 spiro atoms. The highest BCUT2D eigenvalue weighted by molar-refractivity contribution is 6.28. The number of hydrogen-bond donors (Lipinski definition) is 0. The van der Waals surface area contributed by atoms with Crippen molar-refractivity contribution in [1.29, 1.82) is 0 Å². The number of benzene rings is 9. The molecule has 11 aromatic rings. The lowest BCUT2D eigenvalue weighted by Gasteiger charge is -2.18. The summed E-state index contributed by atoms with van der Waals surface area (Å²) >= 11 is 0. The third-order valence-corrected chi connectivity index (χ3v) is 10.8. The molecule has 0 atom stereocenters. The van der Waals surface area contributed by atoms with Crippen LogP contribution >= 0.6 is 0 Å². The van der Waals surface area contributed by atoms with E-state index in [4.69, 9.17) is 8.83 Å². The van der Waals surface area contributed by atoms with Gasteiger partial charge in [0, 0.05) is 27.5 Å². The van der Waals surface area contributed by atoms with E-state index in [0.717, 1.165) is 55.2 Å². The van der Waals surface area contributed by atoms with Gasteiger partial charge in [0.15, 0.2) is 0 Å². The summed E-state index contributed by atoms with van der Waals surface area (Å²) in [5.41, 5.74) is 9.99. The molecule has 52 heavy (non-hydrogen) atoms. The van der Waals surface area contributed by atoms with Crippen LogP contribution in [0.15, 0.2) is 191 Å². The van der Waals surface area contributed by atoms with Crippen molar-refractivity contribution in [1.82, 2.24) is 0 Å². The Labute approximate surface area is 299 Å². The van der Waals surface area contributed by atoms with Gasteiger partial charge in [-0.1, -0.05) is 158 Å². The standard InChI is InChI=1S/C50H30O2/c1-2-15-31(16-3-1)45-32-17-4-6-19-34(32)47(35-20-7-5-18-33(35)45)41-26-12-27-42-49-40(25-13-28-44(49)52-50(41)42)46-36-21-8-10-23-38(36)48(43-29-14-30-51-43)39-24-11-9-22-37(39)46/h1-30H. The maximum atomic E-state index is 7.00.